The molecule has 1 atom stereocenters. The minimum atomic E-state index is -0.337. The highest BCUT2D eigenvalue weighted by Crippen LogP contribution is 2.36. The number of benzene rings is 1. The van der Waals surface area contributed by atoms with E-state index in [0.29, 0.717) is 0 Å². The predicted molar refractivity (Wildman–Crippen MR) is 74.2 cm³/mol. The molecule has 1 aromatic carbocycles. The zero-order valence-electron chi connectivity index (χ0n) is 11.9. The van der Waals surface area contributed by atoms with Crippen LogP contribution in [0.1, 0.15) is 51.6 Å². The predicted octanol–water partition coefficient (Wildman–Crippen LogP) is 3.93. The topological polar surface area (TPSA) is 20.3 Å². The van der Waals surface area contributed by atoms with Gasteiger partial charge < -0.3 is 4.90 Å². The fraction of sp³-hybridized carbons (Fsp3) is 0.562. The van der Waals surface area contributed by atoms with E-state index in [1.807, 2.05) is 31.7 Å². The second-order valence-corrected chi connectivity index (χ2v) is 5.95. The van der Waals surface area contributed by atoms with Crippen LogP contribution >= 0.6 is 0 Å². The van der Waals surface area contributed by atoms with Crippen LogP contribution in [0.25, 0.3) is 0 Å². The Morgan fingerprint density at radius 1 is 1.47 bits per heavy atom. The van der Waals surface area contributed by atoms with Crippen molar-refractivity contribution in [2.45, 2.75) is 46.1 Å². The van der Waals surface area contributed by atoms with Gasteiger partial charge >= 0.3 is 0 Å². The van der Waals surface area contributed by atoms with Crippen LogP contribution in [0.3, 0.4) is 0 Å². The number of carbonyl (C=O) groups is 1. The number of rotatable bonds is 3. The van der Waals surface area contributed by atoms with Crippen molar-refractivity contribution in [3.05, 3.63) is 35.6 Å². The molecule has 19 heavy (non-hydrogen) atoms. The lowest BCUT2D eigenvalue weighted by molar-refractivity contribution is -0.141. The number of hydrogen-bond acceptors (Lipinski definition) is 1. The van der Waals surface area contributed by atoms with Crippen molar-refractivity contribution in [1.29, 1.82) is 0 Å². The number of hydrogen-bond donors (Lipinski definition) is 0. The maximum absolute atomic E-state index is 13.3. The molecule has 1 unspecified atom stereocenters. The van der Waals surface area contributed by atoms with Gasteiger partial charge in [0, 0.05) is 12.0 Å². The summed E-state index contributed by atoms with van der Waals surface area (Å²) in [6.07, 6.45) is 2.74. The first-order valence-electron chi connectivity index (χ1n) is 7.02. The van der Waals surface area contributed by atoms with Crippen LogP contribution in [0, 0.1) is 11.2 Å². The zero-order valence-corrected chi connectivity index (χ0v) is 11.9. The summed E-state index contributed by atoms with van der Waals surface area (Å²) >= 11 is 0. The van der Waals surface area contributed by atoms with Crippen molar-refractivity contribution >= 4 is 5.91 Å². The Bertz CT molecular complexity index is 470. The molecule has 0 spiro atoms. The third-order valence-corrected chi connectivity index (χ3v) is 4.21. The summed E-state index contributed by atoms with van der Waals surface area (Å²) in [5.41, 5.74) is 0.577. The molecule has 0 saturated carbocycles. The third kappa shape index (κ3) is 2.80. The molecule has 1 aliphatic heterocycles. The summed E-state index contributed by atoms with van der Waals surface area (Å²) < 4.78 is 13.3. The van der Waals surface area contributed by atoms with Crippen LogP contribution in [0.4, 0.5) is 4.39 Å². The van der Waals surface area contributed by atoms with Crippen LogP contribution < -0.4 is 0 Å². The fourth-order valence-electron chi connectivity index (χ4n) is 2.61. The molecule has 0 aliphatic carbocycles. The molecule has 1 fully saturated rings. The van der Waals surface area contributed by atoms with Crippen LogP contribution in [-0.2, 0) is 4.79 Å². The Labute approximate surface area is 114 Å². The molecule has 0 N–H and O–H groups in total. The smallest absolute Gasteiger partial charge is 0.228 e. The molecule has 1 amide bonds. The van der Waals surface area contributed by atoms with Gasteiger partial charge in [0.25, 0.3) is 0 Å². The Kier molecular flexibility index (Phi) is 3.93. The molecule has 2 rings (SSSR count). The highest BCUT2D eigenvalue weighted by Gasteiger charge is 2.37. The highest BCUT2D eigenvalue weighted by atomic mass is 19.1. The average molecular weight is 263 g/mol. The molecule has 0 bridgehead atoms. The van der Waals surface area contributed by atoms with Gasteiger partial charge in [-0.15, -0.1) is 0 Å². The second-order valence-electron chi connectivity index (χ2n) is 5.95. The standard InChI is InChI=1S/C16H22FNO/c1-4-16(2,3)15(19)18-10-6-9-14(18)12-7-5-8-13(17)11-12/h5,7-8,11,14H,4,6,9-10H2,1-3H3. The largest absolute Gasteiger partial charge is 0.335 e. The van der Waals surface area contributed by atoms with Gasteiger partial charge in [0.1, 0.15) is 5.82 Å². The number of nitrogens with zero attached hydrogens (tertiary/aromatic N) is 1. The molecule has 1 heterocycles. The number of amides is 1. The van der Waals surface area contributed by atoms with Gasteiger partial charge in [-0.05, 0) is 37.0 Å². The van der Waals surface area contributed by atoms with Gasteiger partial charge in [0.2, 0.25) is 5.91 Å². The minimum absolute atomic E-state index is 0.0361. The average Bonchev–Trinajstić information content (AvgIpc) is 2.86. The molecule has 1 aromatic rings. The van der Waals surface area contributed by atoms with Crippen LogP contribution in [0.2, 0.25) is 0 Å². The van der Waals surface area contributed by atoms with Crippen molar-refractivity contribution in [3.63, 3.8) is 0 Å². The summed E-state index contributed by atoms with van der Waals surface area (Å²) in [4.78, 5) is 14.5. The van der Waals surface area contributed by atoms with E-state index in [0.717, 1.165) is 31.4 Å². The minimum Gasteiger partial charge on any atom is -0.335 e. The van der Waals surface area contributed by atoms with E-state index in [-0.39, 0.29) is 23.2 Å². The maximum atomic E-state index is 13.3. The maximum Gasteiger partial charge on any atom is 0.228 e. The van der Waals surface area contributed by atoms with E-state index in [1.165, 1.54) is 6.07 Å². The Balaban J connectivity index is 2.24. The summed E-state index contributed by atoms with van der Waals surface area (Å²) in [6.45, 7) is 6.78. The summed E-state index contributed by atoms with van der Waals surface area (Å²) in [5.74, 6) is -0.0479. The van der Waals surface area contributed by atoms with Crippen LogP contribution in [-0.4, -0.2) is 17.4 Å². The van der Waals surface area contributed by atoms with Gasteiger partial charge in [0.15, 0.2) is 0 Å². The lowest BCUT2D eigenvalue weighted by Gasteiger charge is -2.32. The Morgan fingerprint density at radius 2 is 2.21 bits per heavy atom. The van der Waals surface area contributed by atoms with Crippen molar-refractivity contribution in [1.82, 2.24) is 4.90 Å². The van der Waals surface area contributed by atoms with Gasteiger partial charge in [-0.3, -0.25) is 4.79 Å². The quantitative estimate of drug-likeness (QED) is 0.809. The van der Waals surface area contributed by atoms with Crippen molar-refractivity contribution < 1.29 is 9.18 Å². The molecule has 2 nitrogen and oxygen atoms in total. The van der Waals surface area contributed by atoms with Crippen LogP contribution in [0.5, 0.6) is 0 Å². The molecule has 104 valence electrons. The van der Waals surface area contributed by atoms with E-state index in [1.54, 1.807) is 12.1 Å². The summed E-state index contributed by atoms with van der Waals surface area (Å²) in [6, 6.07) is 6.67. The zero-order chi connectivity index (χ0) is 14.0. The molecule has 3 heteroatoms. The molecule has 0 aromatic heterocycles. The lowest BCUT2D eigenvalue weighted by atomic mass is 9.88. The highest BCUT2D eigenvalue weighted by molar-refractivity contribution is 5.82. The summed E-state index contributed by atoms with van der Waals surface area (Å²) in [7, 11) is 0. The van der Waals surface area contributed by atoms with E-state index in [4.69, 9.17) is 0 Å². The van der Waals surface area contributed by atoms with E-state index in [2.05, 4.69) is 0 Å². The normalized spacial score (nSPS) is 19.8. The van der Waals surface area contributed by atoms with Gasteiger partial charge in [-0.25, -0.2) is 4.39 Å². The SMILES string of the molecule is CCC(C)(C)C(=O)N1CCCC1c1cccc(F)c1. The first-order valence-corrected chi connectivity index (χ1v) is 7.02. The van der Waals surface area contributed by atoms with Crippen molar-refractivity contribution in [2.24, 2.45) is 5.41 Å². The molecule has 0 radical (unpaired) electrons. The lowest BCUT2D eigenvalue weighted by Crippen LogP contribution is -2.40. The van der Waals surface area contributed by atoms with E-state index >= 15 is 0 Å². The Hall–Kier alpha value is -1.38. The van der Waals surface area contributed by atoms with Crippen molar-refractivity contribution in [2.75, 3.05) is 6.54 Å². The van der Waals surface area contributed by atoms with Crippen molar-refractivity contribution in [3.8, 4) is 0 Å². The first kappa shape index (κ1) is 14.0. The molecule has 1 saturated heterocycles. The monoisotopic (exact) mass is 263 g/mol. The third-order valence-electron chi connectivity index (χ3n) is 4.21. The molecular formula is C16H22FNO. The number of carbonyl (C=O) groups excluding carboxylic acids is 1. The van der Waals surface area contributed by atoms with E-state index in [9.17, 15) is 9.18 Å². The fourth-order valence-corrected chi connectivity index (χ4v) is 2.61. The van der Waals surface area contributed by atoms with Gasteiger partial charge in [0.05, 0.1) is 6.04 Å². The Morgan fingerprint density at radius 3 is 2.84 bits per heavy atom. The molecular weight excluding hydrogens is 241 g/mol. The number of halogens is 1. The van der Waals surface area contributed by atoms with E-state index < -0.39 is 0 Å². The van der Waals surface area contributed by atoms with Gasteiger partial charge in [-0.2, -0.15) is 0 Å². The second kappa shape index (κ2) is 5.32. The number of likely N-dealkylation sites (tertiary alicyclic amines) is 1. The molecule has 1 aliphatic rings. The first-order chi connectivity index (χ1) is 8.95. The van der Waals surface area contributed by atoms with Crippen LogP contribution in [0.15, 0.2) is 24.3 Å². The summed E-state index contributed by atoms with van der Waals surface area (Å²) in [5, 5.41) is 0. The van der Waals surface area contributed by atoms with Gasteiger partial charge in [-0.1, -0.05) is 32.9 Å².